The second-order valence-electron chi connectivity index (χ2n) is 6.23. The molecule has 0 saturated carbocycles. The third-order valence-electron chi connectivity index (χ3n) is 4.27. The zero-order chi connectivity index (χ0) is 17.9. The largest absolute Gasteiger partial charge is 0.354 e. The lowest BCUT2D eigenvalue weighted by atomic mass is 10.1. The molecule has 0 bridgehead atoms. The van der Waals surface area contributed by atoms with Crippen LogP contribution in [0.15, 0.2) is 0 Å². The van der Waals surface area contributed by atoms with Crippen LogP contribution in [0.5, 0.6) is 0 Å². The second kappa shape index (κ2) is 11.6. The van der Waals surface area contributed by atoms with E-state index in [-0.39, 0.29) is 24.1 Å². The molecule has 1 aliphatic rings. The SMILES string of the molecule is [13CH3]C1CCCC([13CH3])[15N]1C[13C](=O)N[13CH2]CC(=O)NCCNC(=O)CI. The molecule has 0 spiro atoms. The van der Waals surface area contributed by atoms with Gasteiger partial charge >= 0.3 is 0 Å². The standard InChI is InChI=1S/C16H29IN4O3/c1-12-4-3-5-13(2)21(12)11-16(24)18-7-6-14(22)19-8-9-20-15(23)10-17/h12-13H,3-11H2,1-2H3,(H,18,24)(H,19,22)(H,20,23)/i1+1,2+1,7+1,16+1,21+1. The van der Waals surface area contributed by atoms with E-state index in [4.69, 9.17) is 0 Å². The molecule has 2 unspecified atom stereocenters. The maximum absolute atomic E-state index is 12.0. The molecule has 1 heterocycles. The van der Waals surface area contributed by atoms with Crippen LogP contribution in [0, 0.1) is 0 Å². The van der Waals surface area contributed by atoms with Crippen LogP contribution in [0.4, 0.5) is 0 Å². The van der Waals surface area contributed by atoms with Gasteiger partial charge in [-0.3, -0.25) is 19.3 Å². The van der Waals surface area contributed by atoms with Crippen molar-refractivity contribution in [2.45, 2.75) is 51.6 Å². The van der Waals surface area contributed by atoms with Crippen LogP contribution in [-0.4, -0.2) is 65.3 Å². The fourth-order valence-electron chi connectivity index (χ4n) is 2.86. The number of hydrogen-bond acceptors (Lipinski definition) is 4. The number of amides is 3. The van der Waals surface area contributed by atoms with Gasteiger partial charge in [0, 0.05) is 38.1 Å². The quantitative estimate of drug-likeness (QED) is 0.154. The van der Waals surface area contributed by atoms with Crippen LogP contribution in [0.1, 0.15) is 39.5 Å². The first kappa shape index (κ1) is 21.1. The lowest BCUT2D eigenvalue weighted by molar-refractivity contribution is -0.124. The Kier molecular flexibility index (Phi) is 10.2. The predicted molar refractivity (Wildman–Crippen MR) is 102 cm³/mol. The van der Waals surface area contributed by atoms with Gasteiger partial charge in [-0.2, -0.15) is 0 Å². The fraction of sp³-hybridized carbons (Fsp3) is 0.812. The second-order valence-corrected chi connectivity index (χ2v) is 7.00. The van der Waals surface area contributed by atoms with Crippen molar-refractivity contribution in [1.29, 1.82) is 0 Å². The molecule has 0 aromatic rings. The number of halogens is 1. The molecule has 0 aromatic carbocycles. The number of nitrogens with one attached hydrogen (secondary N) is 3. The average molecular weight is 457 g/mol. The highest BCUT2D eigenvalue weighted by Crippen LogP contribution is 2.21. The predicted octanol–water partition coefficient (Wildman–Crippen LogP) is 0.423. The summed E-state index contributed by atoms with van der Waals surface area (Å²) in [6.45, 7) is 5.87. The van der Waals surface area contributed by atoms with E-state index in [2.05, 4.69) is 34.7 Å². The van der Waals surface area contributed by atoms with E-state index >= 15 is 0 Å². The van der Waals surface area contributed by atoms with E-state index in [9.17, 15) is 14.4 Å². The fourth-order valence-corrected chi connectivity index (χ4v) is 3.13. The normalized spacial score (nSPS) is 21.1. The highest BCUT2D eigenvalue weighted by atomic mass is 127. The Bertz CT molecular complexity index is 424. The van der Waals surface area contributed by atoms with Gasteiger partial charge in [-0.25, -0.2) is 0 Å². The number of piperidine rings is 1. The number of hydrogen-bond donors (Lipinski definition) is 3. The Hall–Kier alpha value is -0.900. The van der Waals surface area contributed by atoms with Crippen molar-refractivity contribution in [1.82, 2.24) is 20.9 Å². The Morgan fingerprint density at radius 3 is 2.04 bits per heavy atom. The summed E-state index contributed by atoms with van der Waals surface area (Å²) in [6.07, 6.45) is 3.73. The first-order chi connectivity index (χ1) is 11.4. The van der Waals surface area contributed by atoms with Gasteiger partial charge in [-0.05, 0) is 26.7 Å². The molecule has 0 aliphatic carbocycles. The van der Waals surface area contributed by atoms with E-state index in [0.717, 1.165) is 12.8 Å². The zero-order valence-electron chi connectivity index (χ0n) is 14.6. The Labute approximate surface area is 157 Å². The minimum atomic E-state index is -0.126. The van der Waals surface area contributed by atoms with Gasteiger partial charge in [-0.15, -0.1) is 0 Å². The summed E-state index contributed by atoms with van der Waals surface area (Å²) in [5, 5.41) is 8.20. The lowest BCUT2D eigenvalue weighted by Crippen LogP contribution is -2.49. The molecule has 1 rings (SSSR count). The van der Waals surface area contributed by atoms with Crippen LogP contribution in [0.2, 0.25) is 0 Å². The van der Waals surface area contributed by atoms with Crippen molar-refractivity contribution in [3.63, 3.8) is 0 Å². The number of nitrogens with zero attached hydrogens (tertiary/aromatic N) is 1. The summed E-state index contributed by atoms with van der Waals surface area (Å²) in [7, 11) is 0. The molecule has 7 nitrogen and oxygen atoms in total. The van der Waals surface area contributed by atoms with Crippen LogP contribution in [0.25, 0.3) is 0 Å². The molecule has 3 amide bonds. The van der Waals surface area contributed by atoms with Crippen LogP contribution >= 0.6 is 22.6 Å². The average Bonchev–Trinajstić information content (AvgIpc) is 2.55. The van der Waals surface area contributed by atoms with Gasteiger partial charge in [0.15, 0.2) is 0 Å². The van der Waals surface area contributed by atoms with Crippen LogP contribution in [-0.2, 0) is 14.4 Å². The molecular weight excluding hydrogens is 428 g/mol. The van der Waals surface area contributed by atoms with Crippen molar-refractivity contribution in [3.8, 4) is 0 Å². The molecule has 0 radical (unpaired) electrons. The first-order valence-electron chi connectivity index (χ1n) is 8.55. The summed E-state index contributed by atoms with van der Waals surface area (Å²) in [5.41, 5.74) is 0. The molecule has 1 aliphatic heterocycles. The molecule has 1 saturated heterocycles. The van der Waals surface area contributed by atoms with Gasteiger partial charge in [0.2, 0.25) is 17.7 Å². The third-order valence-corrected chi connectivity index (χ3v) is 4.96. The molecule has 3 N–H and O–H groups in total. The van der Waals surface area contributed by atoms with E-state index in [0.29, 0.717) is 42.7 Å². The first-order valence-corrected chi connectivity index (χ1v) is 10.1. The van der Waals surface area contributed by atoms with Crippen molar-refractivity contribution in [3.05, 3.63) is 0 Å². The topological polar surface area (TPSA) is 90.5 Å². The van der Waals surface area contributed by atoms with Gasteiger partial charge in [0.25, 0.3) is 0 Å². The van der Waals surface area contributed by atoms with Crippen molar-refractivity contribution in [2.24, 2.45) is 0 Å². The van der Waals surface area contributed by atoms with Crippen molar-refractivity contribution in [2.75, 3.05) is 30.6 Å². The Morgan fingerprint density at radius 2 is 1.46 bits per heavy atom. The van der Waals surface area contributed by atoms with Crippen molar-refractivity contribution >= 4 is 40.3 Å². The number of alkyl halides is 1. The van der Waals surface area contributed by atoms with Gasteiger partial charge in [-0.1, -0.05) is 29.0 Å². The molecule has 138 valence electrons. The summed E-state index contributed by atoms with van der Waals surface area (Å²) >= 11 is 1.98. The summed E-state index contributed by atoms with van der Waals surface area (Å²) in [6, 6.07) is 0.862. The zero-order valence-corrected chi connectivity index (χ0v) is 16.7. The highest BCUT2D eigenvalue weighted by Gasteiger charge is 2.26. The summed E-state index contributed by atoms with van der Waals surface area (Å²) < 4.78 is 0.409. The van der Waals surface area contributed by atoms with Gasteiger partial charge < -0.3 is 16.0 Å². The summed E-state index contributed by atoms with van der Waals surface area (Å²) in [5.74, 6) is -0.199. The molecule has 0 aromatic heterocycles. The van der Waals surface area contributed by atoms with E-state index in [1.165, 1.54) is 6.42 Å². The Balaban J connectivity index is 2.11. The van der Waals surface area contributed by atoms with Gasteiger partial charge in [0.1, 0.15) is 0 Å². The minimum Gasteiger partial charge on any atom is -0.354 e. The Morgan fingerprint density at radius 1 is 0.917 bits per heavy atom. The van der Waals surface area contributed by atoms with Gasteiger partial charge in [0.05, 0.1) is 11.0 Å². The van der Waals surface area contributed by atoms with E-state index in [1.807, 2.05) is 22.6 Å². The number of carbonyl (C=O) groups excluding carboxylic acids is 3. The summed E-state index contributed by atoms with van der Waals surface area (Å²) in [4.78, 5) is 36.9. The smallest absolute Gasteiger partial charge is 0.234 e. The highest BCUT2D eigenvalue weighted by molar-refractivity contribution is 14.1. The van der Waals surface area contributed by atoms with Crippen molar-refractivity contribution < 1.29 is 14.4 Å². The number of likely N-dealkylation sites (tertiary alicyclic amines) is 1. The number of carbonyl (C=O) groups is 3. The lowest BCUT2D eigenvalue weighted by Gasteiger charge is -2.38. The van der Waals surface area contributed by atoms with E-state index in [1.54, 1.807) is 0 Å². The molecule has 1 fully saturated rings. The minimum absolute atomic E-state index is 0.0299. The van der Waals surface area contributed by atoms with E-state index < -0.39 is 0 Å². The van der Waals surface area contributed by atoms with Crippen LogP contribution < -0.4 is 16.0 Å². The van der Waals surface area contributed by atoms with Crippen LogP contribution in [0.3, 0.4) is 0 Å². The third kappa shape index (κ3) is 8.27. The molecule has 24 heavy (non-hydrogen) atoms. The maximum Gasteiger partial charge on any atom is 0.234 e. The maximum atomic E-state index is 12.0. The monoisotopic (exact) mass is 457 g/mol. The molecule has 8 heteroatoms. The molecule has 2 atom stereocenters. The number of rotatable bonds is 9. The molecular formula is C16H29IN4O3.